The molecule has 0 aromatic carbocycles. The van der Waals surface area contributed by atoms with Crippen LogP contribution >= 0.6 is 0 Å². The molecule has 92 valence electrons. The lowest BCUT2D eigenvalue weighted by atomic mass is 10.3. The Labute approximate surface area is 96.2 Å². The molecule has 1 aromatic rings. The predicted octanol–water partition coefficient (Wildman–Crippen LogP) is 1.11. The minimum Gasteiger partial charge on any atom is -0.281 e. The summed E-state index contributed by atoms with van der Waals surface area (Å²) in [6, 6.07) is 1.64. The molecular formula is C9H18N4O2S. The molecule has 7 heteroatoms. The van der Waals surface area contributed by atoms with Crippen LogP contribution in [0.25, 0.3) is 0 Å². The average molecular weight is 246 g/mol. The lowest BCUT2D eigenvalue weighted by molar-refractivity contribution is 0.463. The highest BCUT2D eigenvalue weighted by molar-refractivity contribution is 7.90. The van der Waals surface area contributed by atoms with Gasteiger partial charge >= 0.3 is 10.2 Å². The first-order chi connectivity index (χ1) is 7.45. The Kier molecular flexibility index (Phi) is 4.31. The van der Waals surface area contributed by atoms with Crippen LogP contribution in [0, 0.1) is 6.92 Å². The van der Waals surface area contributed by atoms with E-state index >= 15 is 0 Å². The van der Waals surface area contributed by atoms with Crippen LogP contribution in [0.4, 0.5) is 5.82 Å². The van der Waals surface area contributed by atoms with Gasteiger partial charge in [0.05, 0.1) is 0 Å². The van der Waals surface area contributed by atoms with E-state index in [0.717, 1.165) is 18.5 Å². The molecule has 0 bridgehead atoms. The number of unbranched alkanes of at least 4 members (excludes halogenated alkanes) is 1. The molecule has 0 spiro atoms. The Bertz CT molecular complexity index is 426. The van der Waals surface area contributed by atoms with Crippen molar-refractivity contribution in [3.63, 3.8) is 0 Å². The average Bonchev–Trinajstić information content (AvgIpc) is 2.59. The lowest BCUT2D eigenvalue weighted by Gasteiger charge is -2.16. The molecule has 0 saturated carbocycles. The fourth-order valence-corrected chi connectivity index (χ4v) is 2.08. The topological polar surface area (TPSA) is 78.1 Å². The summed E-state index contributed by atoms with van der Waals surface area (Å²) in [5.74, 6) is 0.320. The van der Waals surface area contributed by atoms with E-state index in [1.54, 1.807) is 13.1 Å². The Morgan fingerprint density at radius 2 is 2.25 bits per heavy atom. The third kappa shape index (κ3) is 3.49. The first-order valence-electron chi connectivity index (χ1n) is 5.22. The minimum absolute atomic E-state index is 0.320. The minimum atomic E-state index is -3.47. The maximum atomic E-state index is 11.8. The molecular weight excluding hydrogens is 228 g/mol. The second kappa shape index (κ2) is 5.31. The van der Waals surface area contributed by atoms with Gasteiger partial charge in [-0.2, -0.15) is 17.8 Å². The molecule has 0 amide bonds. The second-order valence-electron chi connectivity index (χ2n) is 3.72. The molecule has 1 aromatic heterocycles. The van der Waals surface area contributed by atoms with Crippen LogP contribution < -0.4 is 4.72 Å². The zero-order chi connectivity index (χ0) is 12.2. The van der Waals surface area contributed by atoms with Crippen molar-refractivity contribution in [3.05, 3.63) is 11.8 Å². The molecule has 0 atom stereocenters. The van der Waals surface area contributed by atoms with Gasteiger partial charge in [0.2, 0.25) is 0 Å². The Morgan fingerprint density at radius 1 is 1.56 bits per heavy atom. The number of nitrogens with one attached hydrogen (secondary N) is 2. The van der Waals surface area contributed by atoms with Crippen molar-refractivity contribution in [3.8, 4) is 0 Å². The highest BCUT2D eigenvalue weighted by Gasteiger charge is 2.17. The van der Waals surface area contributed by atoms with Gasteiger partial charge in [-0.1, -0.05) is 13.3 Å². The molecule has 0 unspecified atom stereocenters. The highest BCUT2D eigenvalue weighted by Crippen LogP contribution is 2.09. The molecule has 16 heavy (non-hydrogen) atoms. The lowest BCUT2D eigenvalue weighted by Crippen LogP contribution is -2.33. The number of hydrogen-bond donors (Lipinski definition) is 2. The van der Waals surface area contributed by atoms with Crippen LogP contribution in [0.2, 0.25) is 0 Å². The molecule has 2 N–H and O–H groups in total. The Morgan fingerprint density at radius 3 is 2.75 bits per heavy atom. The molecule has 0 radical (unpaired) electrons. The van der Waals surface area contributed by atoms with Crippen LogP contribution in [0.5, 0.6) is 0 Å². The number of aromatic nitrogens is 2. The number of aryl methyl sites for hydroxylation is 1. The van der Waals surface area contributed by atoms with E-state index in [2.05, 4.69) is 14.9 Å². The molecule has 0 aliphatic carbocycles. The Hall–Kier alpha value is -1.08. The van der Waals surface area contributed by atoms with Crippen LogP contribution in [0.3, 0.4) is 0 Å². The zero-order valence-corrected chi connectivity index (χ0v) is 10.6. The summed E-state index contributed by atoms with van der Waals surface area (Å²) in [5, 5.41) is 6.50. The van der Waals surface area contributed by atoms with E-state index in [1.807, 2.05) is 13.8 Å². The van der Waals surface area contributed by atoms with Crippen molar-refractivity contribution < 1.29 is 8.42 Å². The van der Waals surface area contributed by atoms with Crippen molar-refractivity contribution in [2.45, 2.75) is 26.7 Å². The highest BCUT2D eigenvalue weighted by atomic mass is 32.2. The first-order valence-corrected chi connectivity index (χ1v) is 6.66. The van der Waals surface area contributed by atoms with E-state index in [4.69, 9.17) is 0 Å². The molecule has 0 aliphatic heterocycles. The van der Waals surface area contributed by atoms with Gasteiger partial charge in [-0.3, -0.25) is 9.82 Å². The van der Waals surface area contributed by atoms with Gasteiger partial charge in [0.1, 0.15) is 0 Å². The van der Waals surface area contributed by atoms with Crippen LogP contribution in [-0.4, -0.2) is 36.5 Å². The largest absolute Gasteiger partial charge is 0.302 e. The molecule has 1 heterocycles. The summed E-state index contributed by atoms with van der Waals surface area (Å²) in [6.45, 7) is 4.34. The zero-order valence-electron chi connectivity index (χ0n) is 9.82. The predicted molar refractivity (Wildman–Crippen MR) is 63.4 cm³/mol. The third-order valence-electron chi connectivity index (χ3n) is 2.18. The van der Waals surface area contributed by atoms with Crippen molar-refractivity contribution in [2.75, 3.05) is 18.3 Å². The maximum absolute atomic E-state index is 11.8. The summed E-state index contributed by atoms with van der Waals surface area (Å²) >= 11 is 0. The van der Waals surface area contributed by atoms with Crippen LogP contribution in [0.15, 0.2) is 6.07 Å². The van der Waals surface area contributed by atoms with E-state index in [0.29, 0.717) is 12.4 Å². The van der Waals surface area contributed by atoms with Crippen molar-refractivity contribution in [1.82, 2.24) is 14.5 Å². The molecule has 6 nitrogen and oxygen atoms in total. The van der Waals surface area contributed by atoms with Gasteiger partial charge in [0, 0.05) is 25.4 Å². The maximum Gasteiger partial charge on any atom is 0.302 e. The number of nitrogens with zero attached hydrogens (tertiary/aromatic N) is 2. The van der Waals surface area contributed by atoms with Crippen molar-refractivity contribution in [1.29, 1.82) is 0 Å². The van der Waals surface area contributed by atoms with Gasteiger partial charge in [0.25, 0.3) is 0 Å². The Balaban J connectivity index is 2.64. The number of hydrogen-bond acceptors (Lipinski definition) is 3. The standard InChI is InChI=1S/C9H18N4O2S/c1-4-5-6-13(3)16(14,15)12-9-7-8(2)10-11-9/h7H,4-6H2,1-3H3,(H2,10,11,12). The summed E-state index contributed by atoms with van der Waals surface area (Å²) in [7, 11) is -1.92. The third-order valence-corrected chi connectivity index (χ3v) is 3.65. The van der Waals surface area contributed by atoms with Gasteiger partial charge in [-0.15, -0.1) is 0 Å². The first kappa shape index (κ1) is 13.0. The SMILES string of the molecule is CCCCN(C)S(=O)(=O)Nc1cc(C)[nH]n1. The van der Waals surface area contributed by atoms with Crippen molar-refractivity contribution in [2.24, 2.45) is 0 Å². The summed E-state index contributed by atoms with van der Waals surface area (Å²) in [6.07, 6.45) is 1.80. The summed E-state index contributed by atoms with van der Waals surface area (Å²) in [5.41, 5.74) is 0.814. The summed E-state index contributed by atoms with van der Waals surface area (Å²) < 4.78 is 27.2. The molecule has 0 fully saturated rings. The normalized spacial score (nSPS) is 12.0. The number of anilines is 1. The van der Waals surface area contributed by atoms with Crippen molar-refractivity contribution >= 4 is 16.0 Å². The van der Waals surface area contributed by atoms with Crippen LogP contribution in [0.1, 0.15) is 25.5 Å². The molecule has 1 rings (SSSR count). The van der Waals surface area contributed by atoms with E-state index < -0.39 is 10.2 Å². The van der Waals surface area contributed by atoms with Crippen LogP contribution in [-0.2, 0) is 10.2 Å². The molecule has 0 aliphatic rings. The van der Waals surface area contributed by atoms with Gasteiger partial charge < -0.3 is 0 Å². The smallest absolute Gasteiger partial charge is 0.281 e. The van der Waals surface area contributed by atoms with Gasteiger partial charge in [-0.25, -0.2) is 0 Å². The second-order valence-corrected chi connectivity index (χ2v) is 5.50. The molecule has 0 saturated heterocycles. The number of H-pyrrole nitrogens is 1. The van der Waals surface area contributed by atoms with Gasteiger partial charge in [0.15, 0.2) is 5.82 Å². The monoisotopic (exact) mass is 246 g/mol. The fourth-order valence-electron chi connectivity index (χ4n) is 1.18. The van der Waals surface area contributed by atoms with E-state index in [1.165, 1.54) is 4.31 Å². The number of rotatable bonds is 6. The number of aromatic amines is 1. The quantitative estimate of drug-likeness (QED) is 0.789. The summed E-state index contributed by atoms with van der Waals surface area (Å²) in [4.78, 5) is 0. The fraction of sp³-hybridized carbons (Fsp3) is 0.667. The van der Waals surface area contributed by atoms with E-state index in [9.17, 15) is 8.42 Å². The van der Waals surface area contributed by atoms with E-state index in [-0.39, 0.29) is 0 Å². The van der Waals surface area contributed by atoms with Gasteiger partial charge in [-0.05, 0) is 13.3 Å².